The number of hydrogen-bond donors (Lipinski definition) is 0. The van der Waals surface area contributed by atoms with Gasteiger partial charge < -0.3 is 0 Å². The topological polar surface area (TPSA) is 37.4 Å². The lowest BCUT2D eigenvalue weighted by Gasteiger charge is -2.23. The third-order valence-corrected chi connectivity index (χ3v) is 3.42. The second-order valence-electron chi connectivity index (χ2n) is 2.97. The molecule has 0 spiro atoms. The maximum Gasteiger partial charge on any atom is 0.253 e. The zero-order valence-electron chi connectivity index (χ0n) is 8.74. The highest BCUT2D eigenvalue weighted by Crippen LogP contribution is 2.39. The molecule has 78 valence electrons. The number of hydrogen-bond acceptors (Lipinski definition) is 3. The number of rotatable bonds is 0. The van der Waals surface area contributed by atoms with Crippen LogP contribution >= 0.6 is 11.8 Å². The van der Waals surface area contributed by atoms with Crippen LogP contribution in [0.1, 0.15) is 20.3 Å². The van der Waals surface area contributed by atoms with Gasteiger partial charge in [-0.25, -0.2) is 0 Å². The summed E-state index contributed by atoms with van der Waals surface area (Å²) in [6.07, 6.45) is 2.47. The summed E-state index contributed by atoms with van der Waals surface area (Å²) in [5, 5.41) is 0. The number of imide groups is 1. The van der Waals surface area contributed by atoms with E-state index in [-0.39, 0.29) is 17.7 Å². The molecule has 2 amide bonds. The van der Waals surface area contributed by atoms with E-state index in [4.69, 9.17) is 0 Å². The summed E-state index contributed by atoms with van der Waals surface area (Å²) in [5.41, 5.74) is 0. The number of nitrogens with zero attached hydrogens (tertiary/aromatic N) is 1. The van der Waals surface area contributed by atoms with Gasteiger partial charge in [-0.3, -0.25) is 14.5 Å². The Morgan fingerprint density at radius 2 is 2.07 bits per heavy atom. The number of amides is 2. The molecule has 2 aliphatic heterocycles. The largest absolute Gasteiger partial charge is 0.282 e. The van der Waals surface area contributed by atoms with Crippen molar-refractivity contribution in [3.63, 3.8) is 0 Å². The standard InChI is InChI=1S/C8H9NO2S.C2H6/c1-9-7(10)4-6-5(8(9)11)2-3-12-6;1-2/h4-5H,2-3H2,1H3;1-2H3. The van der Waals surface area contributed by atoms with Gasteiger partial charge in [0.15, 0.2) is 0 Å². The second-order valence-corrected chi connectivity index (χ2v) is 4.14. The lowest BCUT2D eigenvalue weighted by Crippen LogP contribution is -2.39. The fraction of sp³-hybridized carbons (Fsp3) is 0.600. The van der Waals surface area contributed by atoms with Crippen molar-refractivity contribution >= 4 is 23.6 Å². The van der Waals surface area contributed by atoms with Crippen LogP contribution in [0.15, 0.2) is 11.0 Å². The van der Waals surface area contributed by atoms with Crippen LogP contribution in [-0.4, -0.2) is 29.5 Å². The molecule has 2 rings (SSSR count). The van der Waals surface area contributed by atoms with Crippen LogP contribution in [0.5, 0.6) is 0 Å². The number of fused-ring (bicyclic) bond motifs is 1. The van der Waals surface area contributed by atoms with E-state index in [1.54, 1.807) is 24.9 Å². The van der Waals surface area contributed by atoms with Gasteiger partial charge in [-0.1, -0.05) is 13.8 Å². The van der Waals surface area contributed by atoms with Crippen LogP contribution in [0.4, 0.5) is 0 Å². The van der Waals surface area contributed by atoms with Gasteiger partial charge in [-0.2, -0.15) is 0 Å². The summed E-state index contributed by atoms with van der Waals surface area (Å²) in [5.74, 6) is 0.726. The van der Waals surface area contributed by atoms with Crippen LogP contribution in [0.25, 0.3) is 0 Å². The lowest BCUT2D eigenvalue weighted by atomic mass is 10.0. The first-order valence-electron chi connectivity index (χ1n) is 4.86. The maximum atomic E-state index is 11.5. The minimum absolute atomic E-state index is 0.0160. The zero-order valence-corrected chi connectivity index (χ0v) is 9.56. The number of likely N-dealkylation sites (N-methyl/N-ethyl adjacent to an activating group) is 1. The van der Waals surface area contributed by atoms with Crippen molar-refractivity contribution < 1.29 is 9.59 Å². The van der Waals surface area contributed by atoms with E-state index in [1.807, 2.05) is 13.8 Å². The molecule has 0 aromatic heterocycles. The van der Waals surface area contributed by atoms with Gasteiger partial charge in [0.25, 0.3) is 5.91 Å². The maximum absolute atomic E-state index is 11.5. The number of thioether (sulfide) groups is 1. The molecule has 1 fully saturated rings. The van der Waals surface area contributed by atoms with E-state index in [0.717, 1.165) is 17.1 Å². The van der Waals surface area contributed by atoms with E-state index in [0.29, 0.717) is 0 Å². The molecule has 14 heavy (non-hydrogen) atoms. The van der Waals surface area contributed by atoms with Crippen LogP contribution in [0.3, 0.4) is 0 Å². The Kier molecular flexibility index (Phi) is 3.75. The first kappa shape index (κ1) is 11.3. The second kappa shape index (κ2) is 4.64. The predicted molar refractivity (Wildman–Crippen MR) is 57.8 cm³/mol. The van der Waals surface area contributed by atoms with E-state index >= 15 is 0 Å². The minimum Gasteiger partial charge on any atom is -0.282 e. The van der Waals surface area contributed by atoms with Gasteiger partial charge in [0.05, 0.1) is 5.92 Å². The molecule has 4 heteroatoms. The highest BCUT2D eigenvalue weighted by atomic mass is 32.2. The first-order valence-corrected chi connectivity index (χ1v) is 5.84. The molecule has 1 saturated heterocycles. The summed E-state index contributed by atoms with van der Waals surface area (Å²) in [6, 6.07) is 0. The third kappa shape index (κ3) is 1.85. The average Bonchev–Trinajstić information content (AvgIpc) is 2.65. The number of carbonyl (C=O) groups excluding carboxylic acids is 2. The van der Waals surface area contributed by atoms with Crippen molar-refractivity contribution in [2.24, 2.45) is 5.92 Å². The molecule has 3 nitrogen and oxygen atoms in total. The Balaban J connectivity index is 0.000000461. The van der Waals surface area contributed by atoms with Crippen LogP contribution in [-0.2, 0) is 9.59 Å². The van der Waals surface area contributed by atoms with Crippen molar-refractivity contribution in [1.82, 2.24) is 4.90 Å². The summed E-state index contributed by atoms with van der Waals surface area (Å²) in [7, 11) is 1.54. The molecule has 0 aromatic rings. The van der Waals surface area contributed by atoms with Gasteiger partial charge in [-0.05, 0) is 12.2 Å². The van der Waals surface area contributed by atoms with Crippen molar-refractivity contribution in [2.75, 3.05) is 12.8 Å². The molecule has 1 atom stereocenters. The average molecular weight is 213 g/mol. The highest BCUT2D eigenvalue weighted by molar-refractivity contribution is 8.03. The van der Waals surface area contributed by atoms with Gasteiger partial charge in [0.2, 0.25) is 5.91 Å². The predicted octanol–water partition coefficient (Wildman–Crippen LogP) is 1.65. The molecule has 1 unspecified atom stereocenters. The Bertz CT molecular complexity index is 286. The zero-order chi connectivity index (χ0) is 10.7. The normalized spacial score (nSPS) is 25.2. The molecule has 0 aliphatic carbocycles. The van der Waals surface area contributed by atoms with E-state index < -0.39 is 0 Å². The molecule has 0 N–H and O–H groups in total. The smallest absolute Gasteiger partial charge is 0.253 e. The molecular formula is C10H15NO2S. The third-order valence-electron chi connectivity index (χ3n) is 2.24. The summed E-state index contributed by atoms with van der Waals surface area (Å²) in [6.45, 7) is 4.00. The van der Waals surface area contributed by atoms with E-state index in [9.17, 15) is 9.59 Å². The molecule has 0 bridgehead atoms. The Hall–Kier alpha value is -0.770. The molecule has 2 heterocycles. The van der Waals surface area contributed by atoms with Gasteiger partial charge in [-0.15, -0.1) is 11.8 Å². The SMILES string of the molecule is CC.CN1C(=O)C=C2SCCC2C1=O. The van der Waals surface area contributed by atoms with Gasteiger partial charge in [0, 0.05) is 18.0 Å². The van der Waals surface area contributed by atoms with Crippen LogP contribution < -0.4 is 0 Å². The fourth-order valence-corrected chi connectivity index (χ4v) is 2.68. The van der Waals surface area contributed by atoms with Crippen molar-refractivity contribution in [2.45, 2.75) is 20.3 Å². The Labute approximate surface area is 88.5 Å². The van der Waals surface area contributed by atoms with E-state index in [1.165, 1.54) is 4.90 Å². The minimum atomic E-state index is -0.180. The van der Waals surface area contributed by atoms with E-state index in [2.05, 4.69) is 0 Å². The summed E-state index contributed by atoms with van der Waals surface area (Å²) in [4.78, 5) is 24.8. The molecule has 2 aliphatic rings. The van der Waals surface area contributed by atoms with Crippen molar-refractivity contribution in [1.29, 1.82) is 0 Å². The van der Waals surface area contributed by atoms with Crippen LogP contribution in [0.2, 0.25) is 0 Å². The van der Waals surface area contributed by atoms with Crippen molar-refractivity contribution in [3.8, 4) is 0 Å². The first-order chi connectivity index (χ1) is 6.70. The molecule has 0 radical (unpaired) electrons. The fourth-order valence-electron chi connectivity index (χ4n) is 1.49. The van der Waals surface area contributed by atoms with Crippen molar-refractivity contribution in [3.05, 3.63) is 11.0 Å². The monoisotopic (exact) mass is 213 g/mol. The lowest BCUT2D eigenvalue weighted by molar-refractivity contribution is -0.143. The Morgan fingerprint density at radius 3 is 2.71 bits per heavy atom. The highest BCUT2D eigenvalue weighted by Gasteiger charge is 2.36. The number of carbonyl (C=O) groups is 2. The van der Waals surface area contributed by atoms with Crippen LogP contribution in [0, 0.1) is 5.92 Å². The molecule has 0 saturated carbocycles. The quantitative estimate of drug-likeness (QED) is 0.574. The van der Waals surface area contributed by atoms with Gasteiger partial charge in [0.1, 0.15) is 0 Å². The van der Waals surface area contributed by atoms with Gasteiger partial charge >= 0.3 is 0 Å². The summed E-state index contributed by atoms with van der Waals surface area (Å²) >= 11 is 1.63. The molecule has 0 aromatic carbocycles. The Morgan fingerprint density at radius 1 is 1.43 bits per heavy atom. The molecular weight excluding hydrogens is 198 g/mol. The summed E-state index contributed by atoms with van der Waals surface area (Å²) < 4.78 is 0.